The molecule has 0 saturated carbocycles. The van der Waals surface area contributed by atoms with Crippen molar-refractivity contribution in [1.29, 1.82) is 0 Å². The Labute approximate surface area is 162 Å². The minimum Gasteiger partial charge on any atom is -0.431 e. The zero-order chi connectivity index (χ0) is 20.2. The van der Waals surface area contributed by atoms with Gasteiger partial charge in [-0.25, -0.2) is 9.78 Å². The number of benzene rings is 1. The summed E-state index contributed by atoms with van der Waals surface area (Å²) in [6, 6.07) is 9.01. The molecule has 2 atom stereocenters. The number of nitrogens with zero attached hydrogens (tertiary/aromatic N) is 3. The molecule has 0 radical (unpaired) electrons. The van der Waals surface area contributed by atoms with Gasteiger partial charge in [0.1, 0.15) is 11.5 Å². The van der Waals surface area contributed by atoms with Crippen molar-refractivity contribution in [1.82, 2.24) is 20.1 Å². The molecule has 1 saturated heterocycles. The number of hydrogen-bond acceptors (Lipinski definition) is 5. The third-order valence-corrected chi connectivity index (χ3v) is 5.24. The average molecular weight is 403 g/mol. The zero-order valence-electron chi connectivity index (χ0n) is 15.0. The van der Waals surface area contributed by atoms with Crippen molar-refractivity contribution in [2.45, 2.75) is 24.7 Å². The Balaban J connectivity index is 1.75. The number of aromatic nitrogens is 3. The van der Waals surface area contributed by atoms with Crippen molar-refractivity contribution in [2.75, 3.05) is 18.4 Å². The number of nitrogens with one attached hydrogen (secondary N) is 2. The fourth-order valence-corrected chi connectivity index (χ4v) is 3.98. The van der Waals surface area contributed by atoms with Crippen molar-refractivity contribution in [2.24, 2.45) is 0 Å². The molecule has 29 heavy (non-hydrogen) atoms. The van der Waals surface area contributed by atoms with Crippen LogP contribution in [-0.4, -0.2) is 40.1 Å². The van der Waals surface area contributed by atoms with Crippen molar-refractivity contribution in [3.05, 3.63) is 42.1 Å². The number of halogens is 3. The predicted octanol–water partition coefficient (Wildman–Crippen LogP) is 3.80. The second kappa shape index (κ2) is 6.45. The second-order valence-electron chi connectivity index (χ2n) is 7.03. The topological polar surface area (TPSA) is 81.1 Å². The predicted molar refractivity (Wildman–Crippen MR) is 98.4 cm³/mol. The molecule has 3 aromatic rings. The summed E-state index contributed by atoms with van der Waals surface area (Å²) in [5, 5.41) is 11.0. The number of anilines is 1. The number of carbonyl (C=O) groups excluding carboxylic acids is 1. The van der Waals surface area contributed by atoms with Crippen LogP contribution in [0.15, 0.2) is 36.5 Å². The fraction of sp³-hybridized carbons (Fsp3) is 0.316. The van der Waals surface area contributed by atoms with E-state index >= 15 is 0 Å². The lowest BCUT2D eigenvalue weighted by Gasteiger charge is -2.28. The van der Waals surface area contributed by atoms with E-state index < -0.39 is 18.4 Å². The van der Waals surface area contributed by atoms with Gasteiger partial charge < -0.3 is 10.1 Å². The third kappa shape index (κ3) is 2.91. The van der Waals surface area contributed by atoms with Gasteiger partial charge in [-0.05, 0) is 25.1 Å². The first kappa shape index (κ1) is 17.9. The third-order valence-electron chi connectivity index (χ3n) is 5.24. The van der Waals surface area contributed by atoms with E-state index in [0.29, 0.717) is 5.69 Å². The maximum absolute atomic E-state index is 13.7. The number of amides is 1. The summed E-state index contributed by atoms with van der Waals surface area (Å²) in [6.07, 6.45) is -6.14. The van der Waals surface area contributed by atoms with E-state index in [4.69, 9.17) is 5.10 Å². The second-order valence-corrected chi connectivity index (χ2v) is 7.03. The SMILES string of the molecule is O=C1Nc2nccc(-c3nn([C@@H]4CCNC4)c4ccccc34)c2[C@H](C(F)(F)F)O1. The first-order valence-electron chi connectivity index (χ1n) is 9.15. The molecule has 1 fully saturated rings. The first-order valence-corrected chi connectivity index (χ1v) is 9.15. The Morgan fingerprint density at radius 1 is 1.21 bits per heavy atom. The highest BCUT2D eigenvalue weighted by atomic mass is 19.4. The maximum Gasteiger partial charge on any atom is 0.430 e. The van der Waals surface area contributed by atoms with E-state index in [1.165, 1.54) is 12.3 Å². The quantitative estimate of drug-likeness (QED) is 0.680. The highest BCUT2D eigenvalue weighted by Gasteiger charge is 2.49. The van der Waals surface area contributed by atoms with E-state index in [2.05, 4.69) is 20.4 Å². The standard InChI is InChI=1S/C19H16F3N5O2/c20-19(21,22)16-14-12(6-8-24-17(14)25-18(28)29-16)15-11-3-1-2-4-13(11)27(26-15)10-5-7-23-9-10/h1-4,6,8,10,16,23H,5,7,9H2,(H,24,25,28)/t10-,16-/m1/s1. The van der Waals surface area contributed by atoms with Gasteiger partial charge >= 0.3 is 12.3 Å². The molecular weight excluding hydrogens is 387 g/mol. The van der Waals surface area contributed by atoms with Crippen molar-refractivity contribution >= 4 is 22.8 Å². The molecule has 0 spiro atoms. The molecular formula is C19H16F3N5O2. The van der Waals surface area contributed by atoms with Gasteiger partial charge in [-0.15, -0.1) is 0 Å². The van der Waals surface area contributed by atoms with E-state index in [9.17, 15) is 18.0 Å². The van der Waals surface area contributed by atoms with Gasteiger partial charge in [-0.2, -0.15) is 18.3 Å². The van der Waals surface area contributed by atoms with E-state index in [1.54, 1.807) is 0 Å². The molecule has 7 nitrogen and oxygen atoms in total. The van der Waals surface area contributed by atoms with Crippen LogP contribution in [0.4, 0.5) is 23.8 Å². The van der Waals surface area contributed by atoms with E-state index in [0.717, 1.165) is 30.4 Å². The van der Waals surface area contributed by atoms with Crippen LogP contribution < -0.4 is 10.6 Å². The van der Waals surface area contributed by atoms with Crippen molar-refractivity contribution in [3.63, 3.8) is 0 Å². The molecule has 0 aliphatic carbocycles. The first-order chi connectivity index (χ1) is 13.9. The monoisotopic (exact) mass is 403 g/mol. The van der Waals surface area contributed by atoms with Crippen LogP contribution in [0.25, 0.3) is 22.2 Å². The maximum atomic E-state index is 13.7. The molecule has 5 rings (SSSR count). The van der Waals surface area contributed by atoms with Gasteiger partial charge in [0, 0.05) is 23.7 Å². The highest BCUT2D eigenvalue weighted by molar-refractivity contribution is 5.97. The molecule has 0 bridgehead atoms. The van der Waals surface area contributed by atoms with Crippen molar-refractivity contribution in [3.8, 4) is 11.3 Å². The Morgan fingerprint density at radius 3 is 2.79 bits per heavy atom. The smallest absolute Gasteiger partial charge is 0.430 e. The highest BCUT2D eigenvalue weighted by Crippen LogP contribution is 2.46. The Bertz CT molecular complexity index is 1100. The molecule has 2 aliphatic rings. The number of rotatable bonds is 2. The van der Waals surface area contributed by atoms with Crippen LogP contribution >= 0.6 is 0 Å². The number of alkyl halides is 3. The summed E-state index contributed by atoms with van der Waals surface area (Å²) in [4.78, 5) is 15.5. The van der Waals surface area contributed by atoms with Gasteiger partial charge in [-0.1, -0.05) is 18.2 Å². The Morgan fingerprint density at radius 2 is 2.03 bits per heavy atom. The molecule has 4 heterocycles. The largest absolute Gasteiger partial charge is 0.431 e. The molecule has 10 heteroatoms. The fourth-order valence-electron chi connectivity index (χ4n) is 3.98. The van der Waals surface area contributed by atoms with Gasteiger partial charge in [0.05, 0.1) is 17.1 Å². The molecule has 2 aliphatic heterocycles. The molecule has 2 N–H and O–H groups in total. The molecule has 0 unspecified atom stereocenters. The number of ether oxygens (including phenoxy) is 1. The molecule has 2 aromatic heterocycles. The average Bonchev–Trinajstić information content (AvgIpc) is 3.34. The van der Waals surface area contributed by atoms with Crippen LogP contribution in [0, 0.1) is 0 Å². The minimum absolute atomic E-state index is 0.112. The van der Waals surface area contributed by atoms with Crippen molar-refractivity contribution < 1.29 is 22.7 Å². The summed E-state index contributed by atoms with van der Waals surface area (Å²) < 4.78 is 47.5. The Kier molecular flexibility index (Phi) is 3.98. The lowest BCUT2D eigenvalue weighted by Crippen LogP contribution is -2.34. The number of pyridine rings is 1. The summed E-state index contributed by atoms with van der Waals surface area (Å²) in [7, 11) is 0. The minimum atomic E-state index is -4.78. The summed E-state index contributed by atoms with van der Waals surface area (Å²) >= 11 is 0. The molecule has 1 amide bonds. The van der Waals surface area contributed by atoms with Crippen LogP contribution in [-0.2, 0) is 4.74 Å². The number of cyclic esters (lactones) is 1. The molecule has 150 valence electrons. The van der Waals surface area contributed by atoms with Crippen LogP contribution in [0.3, 0.4) is 0 Å². The lowest BCUT2D eigenvalue weighted by molar-refractivity contribution is -0.206. The normalized spacial score (nSPS) is 21.7. The van der Waals surface area contributed by atoms with E-state index in [-0.39, 0.29) is 23.0 Å². The lowest BCUT2D eigenvalue weighted by atomic mass is 9.97. The summed E-state index contributed by atoms with van der Waals surface area (Å²) in [5.74, 6) is -0.165. The Hall–Kier alpha value is -3.14. The van der Waals surface area contributed by atoms with Crippen LogP contribution in [0.2, 0.25) is 0 Å². The molecule has 1 aromatic carbocycles. The van der Waals surface area contributed by atoms with E-state index in [1.807, 2.05) is 28.9 Å². The summed E-state index contributed by atoms with van der Waals surface area (Å²) in [5.41, 5.74) is 1.24. The van der Waals surface area contributed by atoms with Gasteiger partial charge in [0.2, 0.25) is 6.10 Å². The number of fused-ring (bicyclic) bond motifs is 2. The number of carbonyl (C=O) groups is 1. The van der Waals surface area contributed by atoms with Gasteiger partial charge in [0.25, 0.3) is 0 Å². The van der Waals surface area contributed by atoms with Crippen LogP contribution in [0.1, 0.15) is 24.1 Å². The van der Waals surface area contributed by atoms with Gasteiger partial charge in [0.15, 0.2) is 0 Å². The van der Waals surface area contributed by atoms with Crippen LogP contribution in [0.5, 0.6) is 0 Å². The number of hydrogen-bond donors (Lipinski definition) is 2. The number of para-hydroxylation sites is 1. The van der Waals surface area contributed by atoms with Gasteiger partial charge in [-0.3, -0.25) is 10.00 Å². The zero-order valence-corrected chi connectivity index (χ0v) is 15.0. The summed E-state index contributed by atoms with van der Waals surface area (Å²) in [6.45, 7) is 1.60.